The Morgan fingerprint density at radius 2 is 2.16 bits per heavy atom. The van der Waals surface area contributed by atoms with Gasteiger partial charge >= 0.3 is 0 Å². The van der Waals surface area contributed by atoms with Crippen LogP contribution in [-0.2, 0) is 6.54 Å². The van der Waals surface area contributed by atoms with Gasteiger partial charge in [0.2, 0.25) is 5.52 Å². The monoisotopic (exact) mass is 265 g/mol. The molecule has 0 bridgehead atoms. The first-order valence-electron chi connectivity index (χ1n) is 6.12. The van der Waals surface area contributed by atoms with Crippen LogP contribution in [0.3, 0.4) is 0 Å². The SMILES string of the molecule is c1cc2c(cn1)-c1sc3c(cc4ccncn43)[n+]1C2. The summed E-state index contributed by atoms with van der Waals surface area (Å²) in [4.78, 5) is 9.71. The molecule has 0 N–H and O–H groups in total. The molecular weight excluding hydrogens is 256 g/mol. The molecular formula is C14H9N4S+. The molecule has 5 heterocycles. The van der Waals surface area contributed by atoms with Gasteiger partial charge in [-0.2, -0.15) is 4.57 Å². The lowest BCUT2D eigenvalue weighted by Crippen LogP contribution is -2.29. The van der Waals surface area contributed by atoms with E-state index in [-0.39, 0.29) is 0 Å². The fraction of sp³-hybridized carbons (Fsp3) is 0.0714. The first-order chi connectivity index (χ1) is 9.42. The number of pyridine rings is 1. The number of nitrogens with zero attached hydrogens (tertiary/aromatic N) is 4. The molecule has 0 unspecified atom stereocenters. The van der Waals surface area contributed by atoms with E-state index in [0.717, 1.165) is 6.54 Å². The number of fused-ring (bicyclic) bond motifs is 7. The van der Waals surface area contributed by atoms with Crippen molar-refractivity contribution in [3.8, 4) is 10.6 Å². The van der Waals surface area contributed by atoms with Gasteiger partial charge in [-0.25, -0.2) is 4.98 Å². The summed E-state index contributed by atoms with van der Waals surface area (Å²) in [5.41, 5.74) is 5.10. The Kier molecular flexibility index (Phi) is 1.62. The van der Waals surface area contributed by atoms with Gasteiger partial charge in [0.05, 0.1) is 11.1 Å². The van der Waals surface area contributed by atoms with E-state index >= 15 is 0 Å². The molecule has 0 amide bonds. The van der Waals surface area contributed by atoms with Crippen LogP contribution in [0.1, 0.15) is 5.56 Å². The maximum atomic E-state index is 4.25. The molecule has 0 aromatic carbocycles. The van der Waals surface area contributed by atoms with Crippen molar-refractivity contribution in [1.29, 1.82) is 0 Å². The summed E-state index contributed by atoms with van der Waals surface area (Å²) in [6.07, 6.45) is 7.55. The minimum absolute atomic E-state index is 0.942. The minimum atomic E-state index is 0.942. The van der Waals surface area contributed by atoms with Crippen molar-refractivity contribution in [2.24, 2.45) is 0 Å². The van der Waals surface area contributed by atoms with Crippen LogP contribution >= 0.6 is 11.3 Å². The molecule has 5 rings (SSSR count). The van der Waals surface area contributed by atoms with Crippen molar-refractivity contribution in [2.75, 3.05) is 0 Å². The summed E-state index contributed by atoms with van der Waals surface area (Å²) >= 11 is 1.81. The predicted octanol–water partition coefficient (Wildman–Crippen LogP) is 2.26. The van der Waals surface area contributed by atoms with E-state index in [9.17, 15) is 0 Å². The van der Waals surface area contributed by atoms with Gasteiger partial charge in [-0.15, -0.1) is 0 Å². The Balaban J connectivity index is 1.93. The van der Waals surface area contributed by atoms with Gasteiger partial charge in [0.15, 0.2) is 11.4 Å². The second-order valence-corrected chi connectivity index (χ2v) is 5.71. The summed E-state index contributed by atoms with van der Waals surface area (Å²) in [6, 6.07) is 6.39. The maximum absolute atomic E-state index is 4.25. The number of hydrogen-bond donors (Lipinski definition) is 0. The van der Waals surface area contributed by atoms with E-state index in [2.05, 4.69) is 31.1 Å². The fourth-order valence-corrected chi connectivity index (χ4v) is 4.09. The molecule has 0 fully saturated rings. The topological polar surface area (TPSA) is 34.1 Å². The molecule has 4 aromatic heterocycles. The van der Waals surface area contributed by atoms with Gasteiger partial charge in [0.1, 0.15) is 6.33 Å². The van der Waals surface area contributed by atoms with Crippen LogP contribution in [-0.4, -0.2) is 14.4 Å². The highest BCUT2D eigenvalue weighted by Crippen LogP contribution is 2.35. The van der Waals surface area contributed by atoms with E-state index < -0.39 is 0 Å². The van der Waals surface area contributed by atoms with Gasteiger partial charge in [0.25, 0.3) is 5.01 Å². The molecule has 0 radical (unpaired) electrons. The predicted molar refractivity (Wildman–Crippen MR) is 73.1 cm³/mol. The molecule has 1 aliphatic heterocycles. The molecule has 4 nitrogen and oxygen atoms in total. The van der Waals surface area contributed by atoms with Crippen LogP contribution in [0.5, 0.6) is 0 Å². The molecule has 0 spiro atoms. The largest absolute Gasteiger partial charge is 0.286 e. The third-order valence-electron chi connectivity index (χ3n) is 3.71. The van der Waals surface area contributed by atoms with Crippen LogP contribution in [0.25, 0.3) is 26.4 Å². The first-order valence-corrected chi connectivity index (χ1v) is 6.94. The molecule has 19 heavy (non-hydrogen) atoms. The minimum Gasteiger partial charge on any atom is -0.286 e. The quantitative estimate of drug-likeness (QED) is 0.402. The third kappa shape index (κ3) is 1.11. The summed E-state index contributed by atoms with van der Waals surface area (Å²) in [7, 11) is 0. The molecule has 1 aliphatic rings. The van der Waals surface area contributed by atoms with E-state index in [0.29, 0.717) is 0 Å². The van der Waals surface area contributed by atoms with E-state index in [1.54, 1.807) is 0 Å². The molecule has 0 aliphatic carbocycles. The van der Waals surface area contributed by atoms with E-state index in [1.807, 2.05) is 42.3 Å². The Hall–Kier alpha value is -2.27. The zero-order valence-corrected chi connectivity index (χ0v) is 10.8. The van der Waals surface area contributed by atoms with Crippen LogP contribution in [0.2, 0.25) is 0 Å². The summed E-state index contributed by atoms with van der Waals surface area (Å²) in [6.45, 7) is 0.942. The van der Waals surface area contributed by atoms with Crippen LogP contribution in [0.15, 0.2) is 43.1 Å². The molecule has 90 valence electrons. The van der Waals surface area contributed by atoms with Gasteiger partial charge in [0, 0.05) is 30.2 Å². The van der Waals surface area contributed by atoms with Crippen LogP contribution < -0.4 is 4.57 Å². The van der Waals surface area contributed by atoms with Crippen molar-refractivity contribution in [3.05, 3.63) is 48.7 Å². The number of thiazole rings is 1. The average Bonchev–Trinajstić information content (AvgIpc) is 3.07. The maximum Gasteiger partial charge on any atom is 0.273 e. The molecule has 0 saturated heterocycles. The Morgan fingerprint density at radius 1 is 1.21 bits per heavy atom. The van der Waals surface area contributed by atoms with Crippen molar-refractivity contribution in [2.45, 2.75) is 6.54 Å². The Labute approximate surface area is 112 Å². The Morgan fingerprint density at radius 3 is 3.16 bits per heavy atom. The number of aromatic nitrogens is 4. The van der Waals surface area contributed by atoms with E-state index in [4.69, 9.17) is 0 Å². The summed E-state index contributed by atoms with van der Waals surface area (Å²) in [5, 5.41) is 1.30. The number of hydrogen-bond acceptors (Lipinski definition) is 3. The fourth-order valence-electron chi connectivity index (χ4n) is 2.82. The number of rotatable bonds is 0. The molecule has 5 heteroatoms. The van der Waals surface area contributed by atoms with Crippen LogP contribution in [0.4, 0.5) is 0 Å². The molecule has 4 aromatic rings. The van der Waals surface area contributed by atoms with Crippen molar-refractivity contribution >= 4 is 27.2 Å². The van der Waals surface area contributed by atoms with Gasteiger partial charge < -0.3 is 0 Å². The van der Waals surface area contributed by atoms with Gasteiger partial charge in [-0.3, -0.25) is 9.38 Å². The second-order valence-electron chi connectivity index (χ2n) is 4.74. The Bertz CT molecular complexity index is 951. The van der Waals surface area contributed by atoms with E-state index in [1.165, 1.54) is 32.0 Å². The van der Waals surface area contributed by atoms with Crippen molar-refractivity contribution in [3.63, 3.8) is 0 Å². The highest BCUT2D eigenvalue weighted by atomic mass is 32.1. The lowest BCUT2D eigenvalue weighted by molar-refractivity contribution is -0.641. The van der Waals surface area contributed by atoms with Crippen molar-refractivity contribution < 1.29 is 4.57 Å². The second kappa shape index (κ2) is 3.19. The van der Waals surface area contributed by atoms with Gasteiger partial charge in [-0.1, -0.05) is 0 Å². The molecule has 0 atom stereocenters. The summed E-state index contributed by atoms with van der Waals surface area (Å²) in [5.74, 6) is 0. The lowest BCUT2D eigenvalue weighted by Gasteiger charge is -1.91. The third-order valence-corrected chi connectivity index (χ3v) is 4.95. The highest BCUT2D eigenvalue weighted by molar-refractivity contribution is 7.20. The zero-order valence-electron chi connectivity index (χ0n) is 9.95. The standard InChI is InChI=1S/C14H9N4S/c1-3-15-6-11-9(1)7-17-12-5-10-2-4-16-8-18(10)14(12)19-13(11)17/h1-6,8H,7H2/q+1. The highest BCUT2D eigenvalue weighted by Gasteiger charge is 2.33. The molecule has 0 saturated carbocycles. The van der Waals surface area contributed by atoms with Gasteiger partial charge in [-0.05, 0) is 23.5 Å². The summed E-state index contributed by atoms with van der Waals surface area (Å²) < 4.78 is 4.53. The zero-order chi connectivity index (χ0) is 12.4. The van der Waals surface area contributed by atoms with Crippen LogP contribution in [0, 0.1) is 0 Å². The average molecular weight is 265 g/mol. The smallest absolute Gasteiger partial charge is 0.273 e. The first kappa shape index (κ1) is 9.63. The lowest BCUT2D eigenvalue weighted by atomic mass is 10.2. The normalized spacial score (nSPS) is 13.1. The van der Waals surface area contributed by atoms with Crippen molar-refractivity contribution in [1.82, 2.24) is 14.4 Å².